The highest BCUT2D eigenvalue weighted by molar-refractivity contribution is 7.89. The molecule has 1 N–H and O–H groups in total. The first-order chi connectivity index (χ1) is 11.8. The molecule has 9 heteroatoms. The molecule has 3 aromatic rings. The quantitative estimate of drug-likeness (QED) is 0.743. The van der Waals surface area contributed by atoms with Crippen LogP contribution in [0, 0.1) is 0 Å². The highest BCUT2D eigenvalue weighted by atomic mass is 32.2. The molecular weight excluding hydrogens is 344 g/mol. The number of nitrogens with one attached hydrogen (secondary N) is 1. The van der Waals surface area contributed by atoms with Crippen molar-refractivity contribution < 1.29 is 8.42 Å². The number of aromatic amines is 1. The van der Waals surface area contributed by atoms with E-state index in [2.05, 4.69) is 10.1 Å². The third kappa shape index (κ3) is 2.80. The predicted octanol–water partition coefficient (Wildman–Crippen LogP) is 0.943. The lowest BCUT2D eigenvalue weighted by atomic mass is 9.99. The molecule has 1 aromatic carbocycles. The fourth-order valence-corrected chi connectivity index (χ4v) is 3.83. The number of nitrogens with zero attached hydrogens (tertiary/aromatic N) is 3. The van der Waals surface area contributed by atoms with E-state index in [0.29, 0.717) is 16.9 Å². The molecular formula is C16H18N4O4S. The minimum Gasteiger partial charge on any atom is -0.273 e. The highest BCUT2D eigenvalue weighted by Crippen LogP contribution is 2.28. The second-order valence-corrected chi connectivity index (χ2v) is 7.53. The molecule has 132 valence electrons. The number of hydrogen-bond donors (Lipinski definition) is 1. The van der Waals surface area contributed by atoms with E-state index >= 15 is 0 Å². The van der Waals surface area contributed by atoms with E-state index in [9.17, 15) is 18.0 Å². The first kappa shape index (κ1) is 17.2. The van der Waals surface area contributed by atoms with Crippen molar-refractivity contribution in [3.63, 3.8) is 0 Å². The molecule has 0 fully saturated rings. The van der Waals surface area contributed by atoms with Crippen LogP contribution >= 0.6 is 0 Å². The van der Waals surface area contributed by atoms with Gasteiger partial charge in [-0.25, -0.2) is 13.2 Å². The van der Waals surface area contributed by atoms with Crippen molar-refractivity contribution in [1.29, 1.82) is 0 Å². The Morgan fingerprint density at radius 2 is 1.92 bits per heavy atom. The van der Waals surface area contributed by atoms with E-state index in [0.717, 1.165) is 23.1 Å². The van der Waals surface area contributed by atoms with Gasteiger partial charge < -0.3 is 0 Å². The molecule has 0 aliphatic rings. The van der Waals surface area contributed by atoms with Crippen LogP contribution in [0.15, 0.2) is 34.0 Å². The van der Waals surface area contributed by atoms with Crippen molar-refractivity contribution in [2.45, 2.75) is 26.8 Å². The first-order valence-corrected chi connectivity index (χ1v) is 9.67. The van der Waals surface area contributed by atoms with Gasteiger partial charge in [-0.05, 0) is 37.1 Å². The van der Waals surface area contributed by atoms with E-state index in [4.69, 9.17) is 0 Å². The standard InChI is InChI=1S/C16H18N4O4S/c1-4-10-8-14-12(9-11(10)13-6-7-17-19(13)5-2)15(21)18-16(22)20(14)25(3,23)24/h6-9H,4-5H2,1-3H3,(H,18,21,22). The molecule has 0 saturated carbocycles. The third-order valence-corrected chi connectivity index (χ3v) is 5.12. The zero-order valence-electron chi connectivity index (χ0n) is 14.1. The lowest BCUT2D eigenvalue weighted by molar-refractivity contribution is 0.592. The molecule has 8 nitrogen and oxygen atoms in total. The van der Waals surface area contributed by atoms with Gasteiger partial charge in [0.25, 0.3) is 5.56 Å². The van der Waals surface area contributed by atoms with Crippen LogP contribution in [0.2, 0.25) is 0 Å². The van der Waals surface area contributed by atoms with Crippen molar-refractivity contribution >= 4 is 20.9 Å². The van der Waals surface area contributed by atoms with Gasteiger partial charge in [0.15, 0.2) is 0 Å². The van der Waals surface area contributed by atoms with Gasteiger partial charge in [0.2, 0.25) is 10.0 Å². The average molecular weight is 362 g/mol. The summed E-state index contributed by atoms with van der Waals surface area (Å²) in [6, 6.07) is 5.05. The van der Waals surface area contributed by atoms with Crippen LogP contribution in [0.1, 0.15) is 19.4 Å². The Morgan fingerprint density at radius 3 is 2.52 bits per heavy atom. The predicted molar refractivity (Wildman–Crippen MR) is 95.3 cm³/mol. The summed E-state index contributed by atoms with van der Waals surface area (Å²) in [6.07, 6.45) is 3.20. The fraction of sp³-hybridized carbons (Fsp3) is 0.312. The number of rotatable bonds is 4. The van der Waals surface area contributed by atoms with Crippen molar-refractivity contribution in [2.75, 3.05) is 6.26 Å². The number of H-pyrrole nitrogens is 1. The van der Waals surface area contributed by atoms with E-state index in [1.807, 2.05) is 19.9 Å². The summed E-state index contributed by atoms with van der Waals surface area (Å²) >= 11 is 0. The van der Waals surface area contributed by atoms with Gasteiger partial charge in [-0.1, -0.05) is 6.92 Å². The van der Waals surface area contributed by atoms with E-state index in [-0.39, 0.29) is 10.9 Å². The zero-order valence-corrected chi connectivity index (χ0v) is 14.9. The molecule has 0 atom stereocenters. The average Bonchev–Trinajstić information content (AvgIpc) is 3.00. The van der Waals surface area contributed by atoms with Gasteiger partial charge in [-0.2, -0.15) is 9.07 Å². The van der Waals surface area contributed by atoms with Crippen LogP contribution in [0.5, 0.6) is 0 Å². The van der Waals surface area contributed by atoms with Crippen molar-refractivity contribution in [3.8, 4) is 11.3 Å². The van der Waals surface area contributed by atoms with Gasteiger partial charge in [-0.3, -0.25) is 14.5 Å². The summed E-state index contributed by atoms with van der Waals surface area (Å²) in [4.78, 5) is 26.4. The highest BCUT2D eigenvalue weighted by Gasteiger charge is 2.18. The van der Waals surface area contributed by atoms with Crippen molar-refractivity contribution in [3.05, 3.63) is 50.8 Å². The van der Waals surface area contributed by atoms with E-state index < -0.39 is 21.3 Å². The zero-order chi connectivity index (χ0) is 18.4. The van der Waals surface area contributed by atoms with Crippen LogP contribution in [0.4, 0.5) is 0 Å². The third-order valence-electron chi connectivity index (χ3n) is 4.09. The summed E-state index contributed by atoms with van der Waals surface area (Å²) in [5.74, 6) is 0. The van der Waals surface area contributed by atoms with Crippen LogP contribution in [0.3, 0.4) is 0 Å². The molecule has 0 unspecified atom stereocenters. The minimum atomic E-state index is -3.86. The van der Waals surface area contributed by atoms with Crippen molar-refractivity contribution in [2.24, 2.45) is 0 Å². The second kappa shape index (κ2) is 5.99. The van der Waals surface area contributed by atoms with Crippen molar-refractivity contribution in [1.82, 2.24) is 18.7 Å². The molecule has 0 radical (unpaired) electrons. The summed E-state index contributed by atoms with van der Waals surface area (Å²) in [5.41, 5.74) is 0.945. The Hall–Kier alpha value is -2.68. The van der Waals surface area contributed by atoms with Crippen LogP contribution in [-0.4, -0.2) is 33.4 Å². The van der Waals surface area contributed by atoms with E-state index in [1.54, 1.807) is 23.0 Å². The second-order valence-electron chi connectivity index (χ2n) is 5.70. The number of aryl methyl sites for hydroxylation is 2. The summed E-state index contributed by atoms with van der Waals surface area (Å²) in [5, 5.41) is 4.38. The normalized spacial score (nSPS) is 12.0. The maximum Gasteiger partial charge on any atom is 0.342 e. The Bertz CT molecular complexity index is 1190. The Balaban J connectivity index is 2.49. The lowest BCUT2D eigenvalue weighted by Gasteiger charge is -2.13. The Morgan fingerprint density at radius 1 is 1.20 bits per heavy atom. The molecule has 0 aliphatic heterocycles. The molecule has 25 heavy (non-hydrogen) atoms. The molecule has 2 heterocycles. The van der Waals surface area contributed by atoms with E-state index in [1.165, 1.54) is 0 Å². The van der Waals surface area contributed by atoms with Gasteiger partial charge in [0.05, 0.1) is 22.9 Å². The van der Waals surface area contributed by atoms with Gasteiger partial charge >= 0.3 is 5.69 Å². The molecule has 0 saturated heterocycles. The number of hydrogen-bond acceptors (Lipinski definition) is 5. The molecule has 3 rings (SSSR count). The number of fused-ring (bicyclic) bond motifs is 1. The maximum absolute atomic E-state index is 12.3. The fourth-order valence-electron chi connectivity index (χ4n) is 2.98. The summed E-state index contributed by atoms with van der Waals surface area (Å²) in [7, 11) is -3.86. The summed E-state index contributed by atoms with van der Waals surface area (Å²) in [6.45, 7) is 4.54. The molecule has 0 bridgehead atoms. The van der Waals surface area contributed by atoms with Crippen LogP contribution in [-0.2, 0) is 23.0 Å². The van der Waals surface area contributed by atoms with Gasteiger partial charge in [0.1, 0.15) is 0 Å². The van der Waals surface area contributed by atoms with Crippen LogP contribution in [0.25, 0.3) is 22.2 Å². The lowest BCUT2D eigenvalue weighted by Crippen LogP contribution is -2.34. The molecule has 0 spiro atoms. The number of benzene rings is 1. The molecule has 2 aromatic heterocycles. The Kier molecular flexibility index (Phi) is 4.11. The topological polar surface area (TPSA) is 107 Å². The Labute approximate surface area is 143 Å². The van der Waals surface area contributed by atoms with Crippen LogP contribution < -0.4 is 11.2 Å². The largest absolute Gasteiger partial charge is 0.342 e. The smallest absolute Gasteiger partial charge is 0.273 e. The van der Waals surface area contributed by atoms with Gasteiger partial charge in [0, 0.05) is 18.3 Å². The minimum absolute atomic E-state index is 0.0828. The SMILES string of the molecule is CCc1cc2c(cc1-c1ccnn1CC)c(=O)[nH]c(=O)n2S(C)(=O)=O. The number of aromatic nitrogens is 4. The first-order valence-electron chi connectivity index (χ1n) is 7.82. The maximum atomic E-state index is 12.3. The molecule has 0 aliphatic carbocycles. The molecule has 0 amide bonds. The summed E-state index contributed by atoms with van der Waals surface area (Å²) < 4.78 is 26.5. The monoisotopic (exact) mass is 362 g/mol. The van der Waals surface area contributed by atoms with Gasteiger partial charge in [-0.15, -0.1) is 0 Å².